The van der Waals surface area contributed by atoms with Gasteiger partial charge in [0.15, 0.2) is 0 Å². The molecule has 2 atom stereocenters. The highest BCUT2D eigenvalue weighted by Crippen LogP contribution is 2.19. The van der Waals surface area contributed by atoms with Crippen LogP contribution < -0.4 is 0 Å². The first kappa shape index (κ1) is 32.9. The van der Waals surface area contributed by atoms with E-state index >= 15 is 0 Å². The van der Waals surface area contributed by atoms with Crippen molar-refractivity contribution in [1.29, 1.82) is 0 Å². The van der Waals surface area contributed by atoms with Crippen molar-refractivity contribution in [3.05, 3.63) is 46.6 Å². The van der Waals surface area contributed by atoms with E-state index < -0.39 is 5.92 Å². The van der Waals surface area contributed by atoms with Crippen LogP contribution in [0.3, 0.4) is 0 Å². The van der Waals surface area contributed by atoms with E-state index in [1.807, 2.05) is 20.8 Å². The molecule has 200 valence electrons. The summed E-state index contributed by atoms with van der Waals surface area (Å²) in [6.45, 7) is 16.7. The Morgan fingerprint density at radius 2 is 1.17 bits per heavy atom. The van der Waals surface area contributed by atoms with Crippen molar-refractivity contribution in [3.8, 4) is 0 Å². The first-order valence-corrected chi connectivity index (χ1v) is 13.3. The second-order valence-electron chi connectivity index (χ2n) is 10.5. The molecule has 0 bridgehead atoms. The number of ether oxygens (including phenoxy) is 2. The largest absolute Gasteiger partial charge is 0.469 e. The molecular weight excluding hydrogens is 436 g/mol. The molecule has 4 heteroatoms. The van der Waals surface area contributed by atoms with E-state index in [9.17, 15) is 9.59 Å². The quantitative estimate of drug-likeness (QED) is 0.152. The lowest BCUT2D eigenvalue weighted by Crippen LogP contribution is -2.27. The van der Waals surface area contributed by atoms with Crippen molar-refractivity contribution in [1.82, 2.24) is 0 Å². The van der Waals surface area contributed by atoms with Gasteiger partial charge in [-0.25, -0.2) is 0 Å². The Hall–Kier alpha value is -2.10. The molecule has 0 radical (unpaired) electrons. The van der Waals surface area contributed by atoms with Crippen LogP contribution in [0.25, 0.3) is 0 Å². The number of allylic oxidation sites excluding steroid dienone is 8. The Kier molecular flexibility index (Phi) is 18.0. The zero-order valence-corrected chi connectivity index (χ0v) is 24.0. The van der Waals surface area contributed by atoms with Gasteiger partial charge in [0, 0.05) is 0 Å². The van der Waals surface area contributed by atoms with Crippen molar-refractivity contribution in [2.75, 3.05) is 7.11 Å². The predicted octanol–water partition coefficient (Wildman–Crippen LogP) is 8.68. The van der Waals surface area contributed by atoms with Gasteiger partial charge in [-0.2, -0.15) is 0 Å². The minimum absolute atomic E-state index is 0.0340. The maximum Gasteiger partial charge on any atom is 0.309 e. The molecule has 0 amide bonds. The fraction of sp³-hybridized carbons (Fsp3) is 0.677. The Balaban J connectivity index is 4.25. The van der Waals surface area contributed by atoms with Crippen LogP contribution in [0.4, 0.5) is 0 Å². The van der Waals surface area contributed by atoms with Crippen molar-refractivity contribution >= 4 is 11.9 Å². The molecule has 0 aliphatic rings. The Morgan fingerprint density at radius 1 is 0.714 bits per heavy atom. The monoisotopic (exact) mass is 488 g/mol. The predicted molar refractivity (Wildman–Crippen MR) is 148 cm³/mol. The topological polar surface area (TPSA) is 52.6 Å². The number of carbonyl (C=O) groups is 2. The van der Waals surface area contributed by atoms with E-state index in [0.717, 1.165) is 51.4 Å². The number of methoxy groups -OCH3 is 1. The summed E-state index contributed by atoms with van der Waals surface area (Å²) in [6, 6.07) is 0. The fourth-order valence-corrected chi connectivity index (χ4v) is 3.81. The third kappa shape index (κ3) is 17.9. The van der Waals surface area contributed by atoms with Gasteiger partial charge < -0.3 is 9.47 Å². The van der Waals surface area contributed by atoms with Gasteiger partial charge in [-0.3, -0.25) is 9.59 Å². The third-order valence-corrected chi connectivity index (χ3v) is 6.25. The normalized spacial score (nSPS) is 14.5. The zero-order valence-electron chi connectivity index (χ0n) is 24.0. The van der Waals surface area contributed by atoms with Gasteiger partial charge in [-0.05, 0) is 98.8 Å². The highest BCUT2D eigenvalue weighted by atomic mass is 16.5. The van der Waals surface area contributed by atoms with Crippen LogP contribution >= 0.6 is 0 Å². The molecule has 0 aromatic carbocycles. The highest BCUT2D eigenvalue weighted by molar-refractivity contribution is 5.80. The molecule has 0 aromatic rings. The van der Waals surface area contributed by atoms with Crippen LogP contribution in [0.2, 0.25) is 0 Å². The molecule has 0 saturated carbocycles. The summed E-state index contributed by atoms with van der Waals surface area (Å²) in [6.07, 6.45) is 17.5. The van der Waals surface area contributed by atoms with E-state index in [4.69, 9.17) is 9.47 Å². The molecule has 0 rings (SSSR count). The molecule has 0 N–H and O–H groups in total. The van der Waals surface area contributed by atoms with Crippen LogP contribution in [0.1, 0.15) is 113 Å². The first-order valence-electron chi connectivity index (χ1n) is 13.3. The summed E-state index contributed by atoms with van der Waals surface area (Å²) in [5.41, 5.74) is 5.70. The zero-order chi connectivity index (χ0) is 26.8. The molecule has 1 unspecified atom stereocenters. The van der Waals surface area contributed by atoms with E-state index in [-0.39, 0.29) is 30.4 Å². The lowest BCUT2D eigenvalue weighted by atomic mass is 9.93. The molecule has 0 spiro atoms. The molecule has 0 aliphatic heterocycles. The number of hydrogen-bond donors (Lipinski definition) is 0. The summed E-state index contributed by atoms with van der Waals surface area (Å²) in [5, 5.41) is 0. The molecule has 0 saturated heterocycles. The minimum Gasteiger partial charge on any atom is -0.469 e. The Labute approximate surface area is 215 Å². The average Bonchev–Trinajstić information content (AvgIpc) is 2.76. The summed E-state index contributed by atoms with van der Waals surface area (Å²) in [5.74, 6) is -1.10. The Bertz CT molecular complexity index is 748. The number of rotatable bonds is 17. The second kappa shape index (κ2) is 19.1. The van der Waals surface area contributed by atoms with Gasteiger partial charge in [0.25, 0.3) is 0 Å². The molecule has 0 fully saturated rings. The van der Waals surface area contributed by atoms with Crippen molar-refractivity contribution in [2.45, 2.75) is 119 Å². The number of esters is 2. The second-order valence-corrected chi connectivity index (χ2v) is 10.5. The van der Waals surface area contributed by atoms with Crippen LogP contribution in [0.15, 0.2) is 46.6 Å². The Morgan fingerprint density at radius 3 is 1.60 bits per heavy atom. The van der Waals surface area contributed by atoms with Gasteiger partial charge in [0.1, 0.15) is 0 Å². The summed E-state index contributed by atoms with van der Waals surface area (Å²) < 4.78 is 10.3. The smallest absolute Gasteiger partial charge is 0.309 e. The molecule has 0 aliphatic carbocycles. The molecular formula is C31H52O4. The molecule has 4 nitrogen and oxygen atoms in total. The maximum absolute atomic E-state index is 12.2. The summed E-state index contributed by atoms with van der Waals surface area (Å²) in [4.78, 5) is 24.1. The van der Waals surface area contributed by atoms with Crippen LogP contribution in [0, 0.1) is 11.8 Å². The standard InChI is InChI=1S/C31H52O4/c1-23(2)14-10-15-25(5)16-11-17-26(6)18-12-19-27(7)20-13-21-28(8)35-30(32)22-29(24(3)4)31(33)34-9/h14,16,18,20,24,28-29H,10-13,15,17,19,21-22H2,1-9H3/b25-16+,26-18+,27-20+/t28?,29-/m0/s1. The van der Waals surface area contributed by atoms with Crippen LogP contribution in [-0.2, 0) is 19.1 Å². The van der Waals surface area contributed by atoms with E-state index in [1.54, 1.807) is 0 Å². The number of hydrogen-bond acceptors (Lipinski definition) is 4. The number of carbonyl (C=O) groups excluding carboxylic acids is 2. The summed E-state index contributed by atoms with van der Waals surface area (Å²) >= 11 is 0. The van der Waals surface area contributed by atoms with Crippen molar-refractivity contribution in [3.63, 3.8) is 0 Å². The maximum atomic E-state index is 12.2. The van der Waals surface area contributed by atoms with Crippen LogP contribution in [0.5, 0.6) is 0 Å². The van der Waals surface area contributed by atoms with E-state index in [2.05, 4.69) is 58.9 Å². The minimum atomic E-state index is -0.453. The lowest BCUT2D eigenvalue weighted by Gasteiger charge is -2.19. The molecule has 0 heterocycles. The fourth-order valence-electron chi connectivity index (χ4n) is 3.81. The van der Waals surface area contributed by atoms with Gasteiger partial charge in [0.2, 0.25) is 0 Å². The van der Waals surface area contributed by atoms with Crippen LogP contribution in [-0.4, -0.2) is 25.2 Å². The third-order valence-electron chi connectivity index (χ3n) is 6.25. The highest BCUT2D eigenvalue weighted by Gasteiger charge is 2.27. The molecule has 35 heavy (non-hydrogen) atoms. The van der Waals surface area contributed by atoms with E-state index in [0.29, 0.717) is 0 Å². The van der Waals surface area contributed by atoms with Gasteiger partial charge in [0.05, 0.1) is 25.6 Å². The average molecular weight is 489 g/mol. The van der Waals surface area contributed by atoms with Crippen molar-refractivity contribution < 1.29 is 19.1 Å². The van der Waals surface area contributed by atoms with Gasteiger partial charge >= 0.3 is 11.9 Å². The first-order chi connectivity index (χ1) is 16.5. The lowest BCUT2D eigenvalue weighted by molar-refractivity contribution is -0.157. The van der Waals surface area contributed by atoms with Crippen molar-refractivity contribution in [2.24, 2.45) is 11.8 Å². The SMILES string of the molecule is COC(=O)[C@@H](CC(=O)OC(C)CC/C=C(\C)CC/C=C(\C)CC/C=C(\C)CCC=C(C)C)C(C)C. The van der Waals surface area contributed by atoms with Gasteiger partial charge in [-0.15, -0.1) is 0 Å². The van der Waals surface area contributed by atoms with E-state index in [1.165, 1.54) is 29.4 Å². The van der Waals surface area contributed by atoms with Gasteiger partial charge in [-0.1, -0.05) is 60.4 Å². The summed E-state index contributed by atoms with van der Waals surface area (Å²) in [7, 11) is 1.35. The molecule has 0 aromatic heterocycles.